The summed E-state index contributed by atoms with van der Waals surface area (Å²) < 4.78 is 0. The zero-order chi connectivity index (χ0) is 7.82. The number of carbonyl (C=O) groups excluding carboxylic acids is 1. The molecule has 0 bridgehead atoms. The lowest BCUT2D eigenvalue weighted by molar-refractivity contribution is -0.112. The summed E-state index contributed by atoms with van der Waals surface area (Å²) in [6.45, 7) is 1.50. The highest BCUT2D eigenvalue weighted by atomic mass is 35.5. The fourth-order valence-corrected chi connectivity index (χ4v) is 0.445. The monoisotopic (exact) mass is 156 g/mol. The van der Waals surface area contributed by atoms with Gasteiger partial charge in [0.25, 0.3) is 0 Å². The van der Waals surface area contributed by atoms with Crippen molar-refractivity contribution in [3.63, 3.8) is 0 Å². The molecule has 0 heterocycles. The lowest BCUT2D eigenvalue weighted by Crippen LogP contribution is -1.77. The van der Waals surface area contributed by atoms with Crippen molar-refractivity contribution in [1.82, 2.24) is 0 Å². The van der Waals surface area contributed by atoms with E-state index in [-0.39, 0.29) is 5.78 Å². The quantitative estimate of drug-likeness (QED) is 0.453. The molecular weight excluding hydrogens is 148 g/mol. The first-order valence-electron chi connectivity index (χ1n) is 2.88. The van der Waals surface area contributed by atoms with E-state index in [0.717, 1.165) is 0 Å². The van der Waals surface area contributed by atoms with Crippen LogP contribution in [0, 0.1) is 0 Å². The maximum Gasteiger partial charge on any atom is 0.152 e. The summed E-state index contributed by atoms with van der Waals surface area (Å²) >= 11 is 5.22. The second-order valence-electron chi connectivity index (χ2n) is 1.67. The van der Waals surface area contributed by atoms with Gasteiger partial charge < -0.3 is 0 Å². The zero-order valence-corrected chi connectivity index (χ0v) is 6.51. The van der Waals surface area contributed by atoms with Crippen molar-refractivity contribution in [2.24, 2.45) is 0 Å². The van der Waals surface area contributed by atoms with Crippen LogP contribution in [0.15, 0.2) is 35.9 Å². The smallest absolute Gasteiger partial charge is 0.152 e. The molecule has 0 aliphatic rings. The molecule has 0 aromatic heterocycles. The molecule has 1 nitrogen and oxygen atoms in total. The van der Waals surface area contributed by atoms with Crippen molar-refractivity contribution in [3.05, 3.63) is 35.9 Å². The van der Waals surface area contributed by atoms with Crippen molar-refractivity contribution < 1.29 is 4.79 Å². The summed E-state index contributed by atoms with van der Waals surface area (Å²) in [4.78, 5) is 10.3. The van der Waals surface area contributed by atoms with Crippen LogP contribution in [0.3, 0.4) is 0 Å². The van der Waals surface area contributed by atoms with Crippen LogP contribution in [0.4, 0.5) is 0 Å². The van der Waals surface area contributed by atoms with E-state index in [2.05, 4.69) is 0 Å². The maximum atomic E-state index is 10.3. The van der Waals surface area contributed by atoms with Gasteiger partial charge in [-0.15, -0.1) is 0 Å². The van der Waals surface area contributed by atoms with Gasteiger partial charge in [-0.25, -0.2) is 0 Å². The maximum absolute atomic E-state index is 10.3. The highest BCUT2D eigenvalue weighted by Gasteiger charge is 1.75. The van der Waals surface area contributed by atoms with Crippen LogP contribution in [-0.2, 0) is 4.79 Å². The number of carbonyl (C=O) groups is 1. The van der Waals surface area contributed by atoms with Crippen molar-refractivity contribution in [2.45, 2.75) is 6.92 Å². The summed E-state index contributed by atoms with van der Waals surface area (Å²) in [6, 6.07) is 0. The van der Waals surface area contributed by atoms with Crippen molar-refractivity contribution in [3.8, 4) is 0 Å². The first kappa shape index (κ1) is 9.18. The highest BCUT2D eigenvalue weighted by Crippen LogP contribution is 1.82. The molecule has 0 spiro atoms. The van der Waals surface area contributed by atoms with Crippen LogP contribution in [0.5, 0.6) is 0 Å². The van der Waals surface area contributed by atoms with E-state index in [1.165, 1.54) is 18.5 Å². The average molecular weight is 157 g/mol. The third kappa shape index (κ3) is 7.18. The number of hydrogen-bond acceptors (Lipinski definition) is 1. The minimum atomic E-state index is 0.0412. The summed E-state index contributed by atoms with van der Waals surface area (Å²) in [5, 5.41) is 0. The molecule has 54 valence electrons. The third-order valence-corrected chi connectivity index (χ3v) is 0.882. The van der Waals surface area contributed by atoms with Gasteiger partial charge in [-0.3, -0.25) is 4.79 Å². The molecule has 0 saturated carbocycles. The molecule has 0 amide bonds. The van der Waals surface area contributed by atoms with E-state index < -0.39 is 0 Å². The van der Waals surface area contributed by atoms with E-state index in [9.17, 15) is 4.79 Å². The molecule has 0 aliphatic heterocycles. The summed E-state index contributed by atoms with van der Waals surface area (Å²) in [5.74, 6) is 0.0412. The minimum Gasteiger partial charge on any atom is -0.295 e. The SMILES string of the molecule is CC(=O)/C=C/C=C/C=C/Cl. The fraction of sp³-hybridized carbons (Fsp3) is 0.125. The Hall–Kier alpha value is -0.820. The highest BCUT2D eigenvalue weighted by molar-refractivity contribution is 6.25. The van der Waals surface area contributed by atoms with Gasteiger partial charge in [0, 0.05) is 5.54 Å². The Bertz CT molecular complexity index is 178. The van der Waals surface area contributed by atoms with E-state index in [1.807, 2.05) is 0 Å². The van der Waals surface area contributed by atoms with Gasteiger partial charge in [0.2, 0.25) is 0 Å². The largest absolute Gasteiger partial charge is 0.295 e. The molecule has 0 N–H and O–H groups in total. The lowest BCUT2D eigenvalue weighted by atomic mass is 10.3. The second kappa shape index (κ2) is 6.30. The first-order valence-corrected chi connectivity index (χ1v) is 3.31. The summed E-state index contributed by atoms with van der Waals surface area (Å²) in [7, 11) is 0. The van der Waals surface area contributed by atoms with E-state index in [1.54, 1.807) is 24.3 Å². The fourth-order valence-electron chi connectivity index (χ4n) is 0.361. The molecule has 0 fully saturated rings. The van der Waals surface area contributed by atoms with Gasteiger partial charge in [-0.2, -0.15) is 0 Å². The number of rotatable bonds is 3. The van der Waals surface area contributed by atoms with Crippen molar-refractivity contribution >= 4 is 17.4 Å². The third-order valence-electron chi connectivity index (χ3n) is 0.737. The van der Waals surface area contributed by atoms with Crippen LogP contribution in [0.25, 0.3) is 0 Å². The topological polar surface area (TPSA) is 17.1 Å². The van der Waals surface area contributed by atoms with Crippen LogP contribution in [-0.4, -0.2) is 5.78 Å². The normalized spacial score (nSPS) is 12.2. The molecule has 0 radical (unpaired) electrons. The van der Waals surface area contributed by atoms with Gasteiger partial charge in [0.05, 0.1) is 0 Å². The molecule has 0 aliphatic carbocycles. The molecule has 0 aromatic carbocycles. The molecule has 0 atom stereocenters. The molecule has 2 heteroatoms. The predicted octanol–water partition coefficient (Wildman–Crippen LogP) is 2.44. The van der Waals surface area contributed by atoms with Crippen molar-refractivity contribution in [2.75, 3.05) is 0 Å². The van der Waals surface area contributed by atoms with Crippen LogP contribution < -0.4 is 0 Å². The van der Waals surface area contributed by atoms with Crippen LogP contribution >= 0.6 is 11.6 Å². The first-order chi connectivity index (χ1) is 4.77. The molecule has 0 aromatic rings. The molecular formula is C8H9ClO. The minimum absolute atomic E-state index is 0.0412. The van der Waals surface area contributed by atoms with Crippen LogP contribution in [0.2, 0.25) is 0 Å². The van der Waals surface area contributed by atoms with Gasteiger partial charge in [0.1, 0.15) is 0 Å². The van der Waals surface area contributed by atoms with E-state index in [4.69, 9.17) is 11.6 Å². The van der Waals surface area contributed by atoms with Crippen molar-refractivity contribution in [1.29, 1.82) is 0 Å². The Morgan fingerprint density at radius 1 is 1.20 bits per heavy atom. The predicted molar refractivity (Wildman–Crippen MR) is 44.0 cm³/mol. The number of ketones is 1. The van der Waals surface area contributed by atoms with Gasteiger partial charge in [0.15, 0.2) is 5.78 Å². The summed E-state index contributed by atoms with van der Waals surface area (Å²) in [5.41, 5.74) is 1.40. The van der Waals surface area contributed by atoms with E-state index in [0.29, 0.717) is 0 Å². The Balaban J connectivity index is 3.62. The molecule has 0 unspecified atom stereocenters. The standard InChI is InChI=1S/C8H9ClO/c1-8(10)6-4-2-3-5-7-9/h2-7H,1H3/b3-2+,6-4+,7-5+. The van der Waals surface area contributed by atoms with E-state index >= 15 is 0 Å². The van der Waals surface area contributed by atoms with Crippen LogP contribution in [0.1, 0.15) is 6.92 Å². The molecule has 0 saturated heterocycles. The summed E-state index contributed by atoms with van der Waals surface area (Å²) in [6.07, 6.45) is 8.30. The zero-order valence-electron chi connectivity index (χ0n) is 5.75. The van der Waals surface area contributed by atoms with Gasteiger partial charge in [-0.1, -0.05) is 35.9 Å². The number of allylic oxidation sites excluding steroid dienone is 5. The Kier molecular flexibility index (Phi) is 5.79. The lowest BCUT2D eigenvalue weighted by Gasteiger charge is -1.73. The molecule has 10 heavy (non-hydrogen) atoms. The Morgan fingerprint density at radius 3 is 2.30 bits per heavy atom. The van der Waals surface area contributed by atoms with Gasteiger partial charge >= 0.3 is 0 Å². The average Bonchev–Trinajstić information content (AvgIpc) is 1.87. The second-order valence-corrected chi connectivity index (χ2v) is 1.93. The Labute approximate surface area is 65.7 Å². The van der Waals surface area contributed by atoms with Gasteiger partial charge in [-0.05, 0) is 13.0 Å². The Morgan fingerprint density at radius 2 is 1.80 bits per heavy atom. The number of halogens is 1. The molecule has 0 rings (SSSR count). The number of hydrogen-bond donors (Lipinski definition) is 0.